The maximum absolute atomic E-state index is 13.1. The standard InChI is InChI=1S/C76H148O17P2/c1-6-9-12-15-18-21-24-27-28-29-30-31-32-33-35-38-41-46-52-57-62-76(81)92-71(65-86-73(78)59-54-49-44-39-37-34-25-22-19-16-13-10-7-2)67-90-94(82,83)88-63-70(77)64-89-95(84,85)91-68-72(66-87-74(79)60-55-50-47-42-43-48-53-58-69(4)5)93-75(80)61-56-51-45-40-36-26-23-20-17-14-11-8-3/h69-72,77H,6-68H2,1-5H3,(H,82,83)(H,84,85)/t70-,71-,72-/m1/s1. The SMILES string of the molecule is CCCCCCCCCCCCCCCCCCCCCCC(=O)O[C@H](COC(=O)CCCCCCCCCCCCCCC)COP(=O)(O)OC[C@@H](O)COP(=O)(O)OC[C@@H](COC(=O)CCCCCCCCCC(C)C)OC(=O)CCCCCCCCCCCCCC. The van der Waals surface area contributed by atoms with Crippen LogP contribution in [-0.4, -0.2) is 96.7 Å². The normalized spacial score (nSPS) is 13.9. The molecule has 95 heavy (non-hydrogen) atoms. The summed E-state index contributed by atoms with van der Waals surface area (Å²) in [5, 5.41) is 10.6. The summed E-state index contributed by atoms with van der Waals surface area (Å²) in [4.78, 5) is 72.8. The summed E-state index contributed by atoms with van der Waals surface area (Å²) < 4.78 is 68.5. The van der Waals surface area contributed by atoms with Crippen LogP contribution in [0.25, 0.3) is 0 Å². The lowest BCUT2D eigenvalue weighted by Crippen LogP contribution is -2.30. The monoisotopic (exact) mass is 1400 g/mol. The highest BCUT2D eigenvalue weighted by molar-refractivity contribution is 7.47. The number of unbranched alkanes of at least 4 members (excludes halogenated alkanes) is 48. The van der Waals surface area contributed by atoms with Gasteiger partial charge in [0.05, 0.1) is 26.4 Å². The summed E-state index contributed by atoms with van der Waals surface area (Å²) in [5.41, 5.74) is 0. The Morgan fingerprint density at radius 3 is 0.716 bits per heavy atom. The molecule has 0 radical (unpaired) electrons. The predicted molar refractivity (Wildman–Crippen MR) is 386 cm³/mol. The third kappa shape index (κ3) is 70.3. The van der Waals surface area contributed by atoms with Crippen molar-refractivity contribution in [3.8, 4) is 0 Å². The summed E-state index contributed by atoms with van der Waals surface area (Å²) in [6.07, 6.45) is 58.3. The molecule has 0 saturated heterocycles. The van der Waals surface area contributed by atoms with Crippen molar-refractivity contribution in [1.29, 1.82) is 0 Å². The van der Waals surface area contributed by atoms with Crippen LogP contribution in [0.15, 0.2) is 0 Å². The molecule has 2 unspecified atom stereocenters. The lowest BCUT2D eigenvalue weighted by atomic mass is 10.0. The average molecular weight is 1400 g/mol. The van der Waals surface area contributed by atoms with Gasteiger partial charge in [-0.15, -0.1) is 0 Å². The number of carbonyl (C=O) groups is 4. The molecule has 0 rings (SSSR count). The number of ether oxygens (including phenoxy) is 4. The number of hydrogen-bond donors (Lipinski definition) is 3. The van der Waals surface area contributed by atoms with Gasteiger partial charge in [-0.05, 0) is 31.6 Å². The summed E-state index contributed by atoms with van der Waals surface area (Å²) >= 11 is 0. The van der Waals surface area contributed by atoms with E-state index >= 15 is 0 Å². The number of phosphoric acid groups is 2. The van der Waals surface area contributed by atoms with Gasteiger partial charge in [0.2, 0.25) is 0 Å². The number of aliphatic hydroxyl groups excluding tert-OH is 1. The lowest BCUT2D eigenvalue weighted by Gasteiger charge is -2.21. The number of carbonyl (C=O) groups excluding carboxylic acids is 4. The van der Waals surface area contributed by atoms with Crippen LogP contribution in [0.2, 0.25) is 0 Å². The molecule has 0 aliphatic heterocycles. The van der Waals surface area contributed by atoms with Gasteiger partial charge in [-0.25, -0.2) is 9.13 Å². The summed E-state index contributed by atoms with van der Waals surface area (Å²) in [5.74, 6) is -1.41. The van der Waals surface area contributed by atoms with E-state index in [1.165, 1.54) is 218 Å². The molecule has 0 aliphatic rings. The Balaban J connectivity index is 5.21. The first-order valence-corrected chi connectivity index (χ1v) is 42.6. The van der Waals surface area contributed by atoms with Crippen molar-refractivity contribution >= 4 is 39.5 Å². The lowest BCUT2D eigenvalue weighted by molar-refractivity contribution is -0.161. The molecule has 0 aromatic rings. The molecule has 0 aromatic heterocycles. The van der Waals surface area contributed by atoms with Crippen molar-refractivity contribution in [3.63, 3.8) is 0 Å². The van der Waals surface area contributed by atoms with Crippen molar-refractivity contribution < 1.29 is 80.2 Å². The number of aliphatic hydroxyl groups is 1. The fraction of sp³-hybridized carbons (Fsp3) is 0.947. The Morgan fingerprint density at radius 2 is 0.484 bits per heavy atom. The zero-order valence-corrected chi connectivity index (χ0v) is 63.6. The molecule has 0 spiro atoms. The highest BCUT2D eigenvalue weighted by atomic mass is 31.2. The van der Waals surface area contributed by atoms with Crippen LogP contribution >= 0.6 is 15.6 Å². The Labute approximate surface area is 581 Å². The molecule has 5 atom stereocenters. The van der Waals surface area contributed by atoms with Crippen LogP contribution in [0.4, 0.5) is 0 Å². The Morgan fingerprint density at radius 1 is 0.284 bits per heavy atom. The highest BCUT2D eigenvalue weighted by Gasteiger charge is 2.30. The molecule has 3 N–H and O–H groups in total. The van der Waals surface area contributed by atoms with Crippen molar-refractivity contribution in [2.24, 2.45) is 5.92 Å². The van der Waals surface area contributed by atoms with Gasteiger partial charge in [-0.1, -0.05) is 349 Å². The van der Waals surface area contributed by atoms with E-state index in [-0.39, 0.29) is 25.7 Å². The predicted octanol–water partition coefficient (Wildman–Crippen LogP) is 22.5. The van der Waals surface area contributed by atoms with Gasteiger partial charge in [0.1, 0.15) is 19.3 Å². The maximum Gasteiger partial charge on any atom is 0.472 e. The minimum atomic E-state index is -4.96. The van der Waals surface area contributed by atoms with Crippen LogP contribution in [0, 0.1) is 5.92 Å². The molecular weight excluding hydrogens is 1250 g/mol. The topological polar surface area (TPSA) is 237 Å². The zero-order valence-electron chi connectivity index (χ0n) is 61.8. The van der Waals surface area contributed by atoms with Crippen molar-refractivity contribution in [1.82, 2.24) is 0 Å². The first-order valence-electron chi connectivity index (χ1n) is 39.6. The number of hydrogen-bond acceptors (Lipinski definition) is 15. The zero-order chi connectivity index (χ0) is 69.8. The quantitative estimate of drug-likeness (QED) is 0.0222. The van der Waals surface area contributed by atoms with Crippen LogP contribution in [0.5, 0.6) is 0 Å². The molecule has 0 aliphatic carbocycles. The first-order chi connectivity index (χ1) is 46.0. The van der Waals surface area contributed by atoms with Crippen LogP contribution in [-0.2, 0) is 65.4 Å². The van der Waals surface area contributed by atoms with Gasteiger partial charge in [0.15, 0.2) is 12.2 Å². The third-order valence-corrected chi connectivity index (χ3v) is 19.7. The van der Waals surface area contributed by atoms with E-state index in [0.29, 0.717) is 31.6 Å². The Kier molecular flexibility index (Phi) is 67.7. The molecule has 19 heteroatoms. The van der Waals surface area contributed by atoms with E-state index in [1.54, 1.807) is 0 Å². The van der Waals surface area contributed by atoms with E-state index in [1.807, 2.05) is 0 Å². The molecule has 564 valence electrons. The molecule has 0 saturated carbocycles. The number of phosphoric ester groups is 2. The van der Waals surface area contributed by atoms with Crippen LogP contribution in [0.1, 0.15) is 401 Å². The van der Waals surface area contributed by atoms with Gasteiger partial charge < -0.3 is 33.8 Å². The molecular formula is C76H148O17P2. The second-order valence-electron chi connectivity index (χ2n) is 27.9. The highest BCUT2D eigenvalue weighted by Crippen LogP contribution is 2.45. The minimum absolute atomic E-state index is 0.107. The van der Waals surface area contributed by atoms with Crippen molar-refractivity contribution in [3.05, 3.63) is 0 Å². The van der Waals surface area contributed by atoms with Gasteiger partial charge >= 0.3 is 39.5 Å². The number of esters is 4. The van der Waals surface area contributed by atoms with Gasteiger partial charge in [0, 0.05) is 25.7 Å². The van der Waals surface area contributed by atoms with E-state index in [4.69, 9.17) is 37.0 Å². The minimum Gasteiger partial charge on any atom is -0.462 e. The molecule has 0 bridgehead atoms. The summed E-state index contributed by atoms with van der Waals surface area (Å²) in [7, 11) is -9.91. The Bertz CT molecular complexity index is 1820. The van der Waals surface area contributed by atoms with Crippen LogP contribution < -0.4 is 0 Å². The van der Waals surface area contributed by atoms with Crippen molar-refractivity contribution in [2.45, 2.75) is 419 Å². The second kappa shape index (κ2) is 69.2. The van der Waals surface area contributed by atoms with E-state index in [2.05, 4.69) is 34.6 Å². The molecule has 0 aromatic carbocycles. The first kappa shape index (κ1) is 93.1. The van der Waals surface area contributed by atoms with Gasteiger partial charge in [-0.3, -0.25) is 37.3 Å². The van der Waals surface area contributed by atoms with E-state index < -0.39 is 97.5 Å². The van der Waals surface area contributed by atoms with Crippen molar-refractivity contribution in [2.75, 3.05) is 39.6 Å². The number of rotatable bonds is 76. The van der Waals surface area contributed by atoms with Crippen LogP contribution in [0.3, 0.4) is 0 Å². The maximum atomic E-state index is 13.1. The largest absolute Gasteiger partial charge is 0.472 e. The molecule has 17 nitrogen and oxygen atoms in total. The molecule has 0 amide bonds. The molecule has 0 heterocycles. The average Bonchev–Trinajstić information content (AvgIpc) is 1.36. The Hall–Kier alpha value is -1.94. The summed E-state index contributed by atoms with van der Waals surface area (Å²) in [6, 6.07) is 0. The fourth-order valence-electron chi connectivity index (χ4n) is 11.7. The van der Waals surface area contributed by atoms with Gasteiger partial charge in [0.25, 0.3) is 0 Å². The molecule has 0 fully saturated rings. The second-order valence-corrected chi connectivity index (χ2v) is 30.8. The summed E-state index contributed by atoms with van der Waals surface area (Å²) in [6.45, 7) is 7.24. The van der Waals surface area contributed by atoms with E-state index in [9.17, 15) is 43.2 Å². The van der Waals surface area contributed by atoms with Gasteiger partial charge in [-0.2, -0.15) is 0 Å². The van der Waals surface area contributed by atoms with E-state index in [0.717, 1.165) is 96.3 Å². The smallest absolute Gasteiger partial charge is 0.462 e. The fourth-order valence-corrected chi connectivity index (χ4v) is 13.3. The third-order valence-electron chi connectivity index (χ3n) is 17.8.